The first-order valence-electron chi connectivity index (χ1n) is 7.08. The van der Waals surface area contributed by atoms with Crippen LogP contribution < -0.4 is 0 Å². The zero-order chi connectivity index (χ0) is 17.5. The highest BCUT2D eigenvalue weighted by Gasteiger charge is 2.61. The fraction of sp³-hybridized carbons (Fsp3) is 0.500. The van der Waals surface area contributed by atoms with Gasteiger partial charge in [-0.3, -0.25) is 4.79 Å². The summed E-state index contributed by atoms with van der Waals surface area (Å²) in [5.41, 5.74) is 0.0804. The minimum absolute atomic E-state index is 0.0804. The molecule has 3 atom stereocenters. The Morgan fingerprint density at radius 1 is 1.62 bits per heavy atom. The zero-order valence-corrected chi connectivity index (χ0v) is 13.5. The summed E-state index contributed by atoms with van der Waals surface area (Å²) in [5.74, 6) is 0.233. The molecule has 3 rings (SSSR count). The molecular weight excluding hydrogens is 336 g/mol. The minimum Gasteiger partial charge on any atom is -0.480 e. The molecule has 3 heterocycles. The van der Waals surface area contributed by atoms with Crippen LogP contribution in [0.3, 0.4) is 0 Å². The summed E-state index contributed by atoms with van der Waals surface area (Å²) in [6.07, 6.45) is 6.60. The molecule has 2 saturated heterocycles. The van der Waals surface area contributed by atoms with Crippen LogP contribution in [0.1, 0.15) is 23.8 Å². The summed E-state index contributed by atoms with van der Waals surface area (Å²) in [6, 6.07) is -0.993. The van der Waals surface area contributed by atoms with Crippen LogP contribution in [0.2, 0.25) is 0 Å². The van der Waals surface area contributed by atoms with E-state index in [9.17, 15) is 19.5 Å². The average molecular weight is 350 g/mol. The summed E-state index contributed by atoms with van der Waals surface area (Å²) in [6.45, 7) is 1.65. The number of carboxylic acid groups (broad SMARTS) is 1. The number of fused-ring (bicyclic) bond motifs is 1. The van der Waals surface area contributed by atoms with Crippen molar-refractivity contribution in [3.63, 3.8) is 0 Å². The monoisotopic (exact) mass is 350 g/mol. The van der Waals surface area contributed by atoms with E-state index in [1.54, 1.807) is 6.92 Å². The average Bonchev–Trinajstić information content (AvgIpc) is 3.05. The van der Waals surface area contributed by atoms with E-state index < -0.39 is 22.7 Å². The van der Waals surface area contributed by atoms with Crippen molar-refractivity contribution in [1.29, 1.82) is 0 Å². The predicted molar refractivity (Wildman–Crippen MR) is 81.8 cm³/mol. The maximum Gasteiger partial charge on any atom is 0.359 e. The molecule has 126 valence electrons. The molecule has 1 aromatic rings. The van der Waals surface area contributed by atoms with Crippen molar-refractivity contribution in [2.24, 2.45) is 0 Å². The van der Waals surface area contributed by atoms with Gasteiger partial charge in [-0.2, -0.15) is 0 Å². The van der Waals surface area contributed by atoms with Gasteiger partial charge in [0.2, 0.25) is 5.91 Å². The fourth-order valence-electron chi connectivity index (χ4n) is 2.99. The second-order valence-electron chi connectivity index (χ2n) is 5.69. The number of ether oxygens (including phenoxy) is 1. The summed E-state index contributed by atoms with van der Waals surface area (Å²) >= 11 is 1.39. The molecule has 2 fully saturated rings. The third-order valence-electron chi connectivity index (χ3n) is 4.02. The summed E-state index contributed by atoms with van der Waals surface area (Å²) < 4.78 is 5.30. The van der Waals surface area contributed by atoms with Crippen LogP contribution in [0.5, 0.6) is 0 Å². The maximum atomic E-state index is 12.0. The zero-order valence-electron chi connectivity index (χ0n) is 12.7. The molecule has 10 heteroatoms. The van der Waals surface area contributed by atoms with Crippen LogP contribution in [-0.2, 0) is 20.9 Å². The molecule has 1 N–H and O–H groups in total. The van der Waals surface area contributed by atoms with E-state index >= 15 is 0 Å². The Labute approximate surface area is 141 Å². The Hall–Kier alpha value is -2.54. The quantitative estimate of drug-likeness (QED) is 0.433. The Morgan fingerprint density at radius 3 is 3.00 bits per heavy atom. The molecule has 0 aliphatic carbocycles. The van der Waals surface area contributed by atoms with E-state index in [0.29, 0.717) is 6.42 Å². The van der Waals surface area contributed by atoms with Gasteiger partial charge < -0.3 is 14.7 Å². The van der Waals surface area contributed by atoms with Gasteiger partial charge in [-0.05, 0) is 6.92 Å². The van der Waals surface area contributed by atoms with Crippen molar-refractivity contribution in [3.8, 4) is 12.3 Å². The van der Waals surface area contributed by atoms with Crippen molar-refractivity contribution >= 4 is 29.6 Å². The number of rotatable bonds is 5. The number of carbonyl (C=O) groups is 3. The Morgan fingerprint density at radius 2 is 2.38 bits per heavy atom. The molecule has 1 aromatic heterocycles. The van der Waals surface area contributed by atoms with Gasteiger partial charge in [0.05, 0.1) is 29.3 Å². The molecular formula is C14H14N4O5S. The second-order valence-corrected chi connectivity index (χ2v) is 7.40. The van der Waals surface area contributed by atoms with E-state index in [2.05, 4.69) is 16.2 Å². The summed E-state index contributed by atoms with van der Waals surface area (Å²) in [5, 5.41) is 16.9. The normalized spacial score (nSPS) is 28.0. The van der Waals surface area contributed by atoms with E-state index in [-0.39, 0.29) is 30.1 Å². The van der Waals surface area contributed by atoms with Gasteiger partial charge in [-0.25, -0.2) is 14.3 Å². The number of thioether (sulfide) groups is 1. The lowest BCUT2D eigenvalue weighted by molar-refractivity contribution is -0.157. The van der Waals surface area contributed by atoms with Crippen molar-refractivity contribution in [2.75, 3.05) is 6.61 Å². The SMILES string of the molecule is C#CCOC(=O)c1cnnn1CC1(C)SC2CC(=O)N2C1C(=O)O. The lowest BCUT2D eigenvalue weighted by Gasteiger charge is -2.36. The van der Waals surface area contributed by atoms with E-state index in [1.165, 1.54) is 27.5 Å². The molecule has 0 aromatic carbocycles. The Kier molecular flexibility index (Phi) is 3.96. The number of aliphatic carboxylic acids is 1. The predicted octanol–water partition coefficient (Wildman–Crippen LogP) is -0.415. The molecule has 24 heavy (non-hydrogen) atoms. The number of nitrogens with zero attached hydrogens (tertiary/aromatic N) is 4. The van der Waals surface area contributed by atoms with Crippen LogP contribution in [0.4, 0.5) is 0 Å². The lowest BCUT2D eigenvalue weighted by Crippen LogP contribution is -2.58. The van der Waals surface area contributed by atoms with E-state index in [1.807, 2.05) is 0 Å². The molecule has 0 spiro atoms. The maximum absolute atomic E-state index is 12.0. The first-order chi connectivity index (χ1) is 11.4. The third kappa shape index (κ3) is 2.50. The topological polar surface area (TPSA) is 115 Å². The van der Waals surface area contributed by atoms with Crippen LogP contribution in [0.25, 0.3) is 0 Å². The number of esters is 1. The van der Waals surface area contributed by atoms with Gasteiger partial charge in [0.15, 0.2) is 12.3 Å². The van der Waals surface area contributed by atoms with Crippen molar-refractivity contribution in [1.82, 2.24) is 19.9 Å². The minimum atomic E-state index is -1.09. The largest absolute Gasteiger partial charge is 0.480 e. The molecule has 0 bridgehead atoms. The second kappa shape index (κ2) is 5.83. The number of amides is 1. The number of hydrogen-bond donors (Lipinski definition) is 1. The molecule has 0 saturated carbocycles. The van der Waals surface area contributed by atoms with Crippen molar-refractivity contribution < 1.29 is 24.2 Å². The summed E-state index contributed by atoms with van der Waals surface area (Å²) in [7, 11) is 0. The van der Waals surface area contributed by atoms with Crippen molar-refractivity contribution in [3.05, 3.63) is 11.9 Å². The highest BCUT2D eigenvalue weighted by atomic mass is 32.2. The van der Waals surface area contributed by atoms with Gasteiger partial charge in [0.25, 0.3) is 0 Å². The number of carbonyl (C=O) groups excluding carboxylic acids is 2. The smallest absolute Gasteiger partial charge is 0.359 e. The lowest BCUT2D eigenvalue weighted by atomic mass is 9.96. The van der Waals surface area contributed by atoms with Crippen LogP contribution in [-0.4, -0.2) is 65.6 Å². The Balaban J connectivity index is 1.84. The number of carboxylic acids is 1. The molecule has 9 nitrogen and oxygen atoms in total. The van der Waals surface area contributed by atoms with E-state index in [0.717, 1.165) is 0 Å². The number of hydrogen-bond acceptors (Lipinski definition) is 7. The van der Waals surface area contributed by atoms with E-state index in [4.69, 9.17) is 11.2 Å². The van der Waals surface area contributed by atoms with Gasteiger partial charge >= 0.3 is 11.9 Å². The van der Waals surface area contributed by atoms with Crippen LogP contribution in [0, 0.1) is 12.3 Å². The summed E-state index contributed by atoms with van der Waals surface area (Å²) in [4.78, 5) is 36.7. The highest BCUT2D eigenvalue weighted by molar-refractivity contribution is 8.01. The number of terminal acetylenes is 1. The fourth-order valence-corrected chi connectivity index (χ4v) is 4.73. The molecule has 1 amide bonds. The first kappa shape index (κ1) is 16.3. The van der Waals surface area contributed by atoms with Gasteiger partial charge in [0.1, 0.15) is 6.04 Å². The van der Waals surface area contributed by atoms with Gasteiger partial charge in [-0.1, -0.05) is 11.1 Å². The molecule has 3 unspecified atom stereocenters. The van der Waals surface area contributed by atoms with Crippen molar-refractivity contribution in [2.45, 2.75) is 36.1 Å². The van der Waals surface area contributed by atoms with Crippen LogP contribution >= 0.6 is 11.8 Å². The van der Waals surface area contributed by atoms with Crippen LogP contribution in [0.15, 0.2) is 6.20 Å². The molecule has 2 aliphatic heterocycles. The highest BCUT2D eigenvalue weighted by Crippen LogP contribution is 2.51. The Bertz CT molecular complexity index is 757. The standard InChI is InChI=1S/C14H14N4O5S/c1-3-4-23-13(22)8-6-15-16-17(8)7-14(2)11(12(20)21)18-9(19)5-10(18)24-14/h1,6,10-11H,4-5,7H2,2H3,(H,20,21). The number of aromatic nitrogens is 3. The molecule has 2 aliphatic rings. The third-order valence-corrected chi connectivity index (χ3v) is 5.58. The first-order valence-corrected chi connectivity index (χ1v) is 7.96. The number of β-lactam (4-membered cyclic amide) rings is 1. The van der Waals surface area contributed by atoms with Gasteiger partial charge in [-0.15, -0.1) is 23.3 Å². The van der Waals surface area contributed by atoms with Gasteiger partial charge in [0, 0.05) is 0 Å². The molecule has 0 radical (unpaired) electrons.